The molecular weight excluding hydrogens is 358 g/mol. The summed E-state index contributed by atoms with van der Waals surface area (Å²) in [4.78, 5) is 14.7. The fraction of sp³-hybridized carbons (Fsp3) is 0.120. The van der Waals surface area contributed by atoms with Gasteiger partial charge in [-0.2, -0.15) is 5.26 Å². The van der Waals surface area contributed by atoms with Crippen LogP contribution >= 0.6 is 0 Å². The molecule has 0 saturated heterocycles. The third-order valence-electron chi connectivity index (χ3n) is 4.53. The largest absolute Gasteiger partial charge is 0.367 e. The van der Waals surface area contributed by atoms with Crippen LogP contribution in [0.4, 0.5) is 5.69 Å². The van der Waals surface area contributed by atoms with E-state index < -0.39 is 5.91 Å². The van der Waals surface area contributed by atoms with E-state index >= 15 is 0 Å². The lowest BCUT2D eigenvalue weighted by Gasteiger charge is -2.21. The highest BCUT2D eigenvalue weighted by atomic mass is 16.1. The molecule has 3 rings (SSSR count). The summed E-state index contributed by atoms with van der Waals surface area (Å²) in [6, 6.07) is 29.6. The summed E-state index contributed by atoms with van der Waals surface area (Å²) in [5.74, 6) is -0.409. The van der Waals surface area contributed by atoms with E-state index in [9.17, 15) is 10.1 Å². The first-order chi connectivity index (χ1) is 14.2. The number of hydrogen-bond acceptors (Lipinski definition) is 3. The van der Waals surface area contributed by atoms with Gasteiger partial charge in [-0.05, 0) is 29.7 Å². The Morgan fingerprint density at radius 2 is 1.41 bits per heavy atom. The van der Waals surface area contributed by atoms with Gasteiger partial charge in [-0.3, -0.25) is 4.79 Å². The maximum Gasteiger partial charge on any atom is 0.267 e. The van der Waals surface area contributed by atoms with Crippen LogP contribution in [0.25, 0.3) is 0 Å². The van der Waals surface area contributed by atoms with Crippen molar-refractivity contribution in [3.8, 4) is 6.07 Å². The van der Waals surface area contributed by atoms with Crippen molar-refractivity contribution < 1.29 is 4.79 Å². The van der Waals surface area contributed by atoms with Gasteiger partial charge in [0.05, 0.1) is 0 Å². The standard InChI is InChI=1S/C25H23N3O/c1-20-10-8-9-15-24(20)27-25(29)23(16-26)19-28(17-21-11-4-2-5-12-21)18-22-13-6-3-7-14-22/h2-15,19H,17-18H2,1H3,(H,27,29)/b23-19-. The Bertz CT molecular complexity index is 979. The van der Waals surface area contributed by atoms with E-state index in [2.05, 4.69) is 11.4 Å². The highest BCUT2D eigenvalue weighted by Gasteiger charge is 2.13. The van der Waals surface area contributed by atoms with Gasteiger partial charge >= 0.3 is 0 Å². The number of hydrogen-bond donors (Lipinski definition) is 1. The van der Waals surface area contributed by atoms with Crippen molar-refractivity contribution in [2.45, 2.75) is 20.0 Å². The van der Waals surface area contributed by atoms with Gasteiger partial charge in [-0.1, -0.05) is 78.9 Å². The van der Waals surface area contributed by atoms with E-state index in [0.717, 1.165) is 16.7 Å². The third kappa shape index (κ3) is 5.82. The second-order valence-corrected chi connectivity index (χ2v) is 6.80. The van der Waals surface area contributed by atoms with E-state index in [0.29, 0.717) is 18.8 Å². The Kier molecular flexibility index (Phi) is 6.80. The number of benzene rings is 3. The number of amides is 1. The van der Waals surface area contributed by atoms with Gasteiger partial charge in [0, 0.05) is 25.0 Å². The van der Waals surface area contributed by atoms with Crippen molar-refractivity contribution in [3.05, 3.63) is 113 Å². The molecule has 4 heteroatoms. The molecule has 3 aromatic carbocycles. The fourth-order valence-electron chi connectivity index (χ4n) is 3.01. The number of nitrogens with zero attached hydrogens (tertiary/aromatic N) is 2. The summed E-state index contributed by atoms with van der Waals surface area (Å²) >= 11 is 0. The molecule has 1 N–H and O–H groups in total. The Labute approximate surface area is 171 Å². The minimum Gasteiger partial charge on any atom is -0.367 e. The summed E-state index contributed by atoms with van der Waals surface area (Å²) in [7, 11) is 0. The minimum absolute atomic E-state index is 0.0696. The van der Waals surface area contributed by atoms with Crippen molar-refractivity contribution in [3.63, 3.8) is 0 Å². The molecule has 0 unspecified atom stereocenters. The predicted octanol–water partition coefficient (Wildman–Crippen LogP) is 5.04. The SMILES string of the molecule is Cc1ccccc1NC(=O)/C(C#N)=C\N(Cc1ccccc1)Cc1ccccc1. The van der Waals surface area contributed by atoms with Crippen molar-refractivity contribution in [1.29, 1.82) is 5.26 Å². The van der Waals surface area contributed by atoms with Crippen molar-refractivity contribution in [2.75, 3.05) is 5.32 Å². The molecule has 0 saturated carbocycles. The normalized spacial score (nSPS) is 10.8. The lowest BCUT2D eigenvalue weighted by molar-refractivity contribution is -0.112. The summed E-state index contributed by atoms with van der Waals surface area (Å²) in [6.07, 6.45) is 1.65. The number of nitriles is 1. The zero-order valence-corrected chi connectivity index (χ0v) is 16.4. The van der Waals surface area contributed by atoms with Crippen LogP contribution in [0.5, 0.6) is 0 Å². The summed E-state index contributed by atoms with van der Waals surface area (Å²) in [6.45, 7) is 3.11. The Balaban J connectivity index is 1.84. The van der Waals surface area contributed by atoms with Crippen molar-refractivity contribution in [2.24, 2.45) is 0 Å². The zero-order chi connectivity index (χ0) is 20.5. The smallest absolute Gasteiger partial charge is 0.267 e. The Morgan fingerprint density at radius 3 is 1.93 bits per heavy atom. The van der Waals surface area contributed by atoms with Crippen LogP contribution in [0, 0.1) is 18.3 Å². The molecule has 0 fully saturated rings. The van der Waals surface area contributed by atoms with Crippen LogP contribution in [0.3, 0.4) is 0 Å². The van der Waals surface area contributed by atoms with Crippen LogP contribution in [-0.4, -0.2) is 10.8 Å². The predicted molar refractivity (Wildman–Crippen MR) is 116 cm³/mol. The number of para-hydroxylation sites is 1. The number of rotatable bonds is 7. The van der Waals surface area contributed by atoms with Gasteiger partial charge in [0.25, 0.3) is 5.91 Å². The number of carbonyl (C=O) groups excluding carboxylic acids is 1. The molecule has 0 aliphatic rings. The summed E-state index contributed by atoms with van der Waals surface area (Å²) in [5, 5.41) is 12.5. The summed E-state index contributed by atoms with van der Waals surface area (Å²) in [5.41, 5.74) is 3.94. The van der Waals surface area contributed by atoms with E-state index in [1.54, 1.807) is 6.20 Å². The molecule has 0 aliphatic heterocycles. The van der Waals surface area contributed by atoms with E-state index in [1.165, 1.54) is 0 Å². The maximum atomic E-state index is 12.7. The van der Waals surface area contributed by atoms with Crippen molar-refractivity contribution >= 4 is 11.6 Å². The lowest BCUT2D eigenvalue weighted by Crippen LogP contribution is -2.21. The van der Waals surface area contributed by atoms with Gasteiger partial charge in [0.15, 0.2) is 0 Å². The quantitative estimate of drug-likeness (QED) is 0.461. The highest BCUT2D eigenvalue weighted by Crippen LogP contribution is 2.16. The molecule has 0 aliphatic carbocycles. The van der Waals surface area contributed by atoms with E-state index in [4.69, 9.17) is 0 Å². The average Bonchev–Trinajstić information content (AvgIpc) is 2.75. The highest BCUT2D eigenvalue weighted by molar-refractivity contribution is 6.06. The monoisotopic (exact) mass is 381 g/mol. The Hall–Kier alpha value is -3.84. The Morgan fingerprint density at radius 1 is 0.897 bits per heavy atom. The van der Waals surface area contributed by atoms with Gasteiger partial charge in [-0.15, -0.1) is 0 Å². The van der Waals surface area contributed by atoms with Crippen molar-refractivity contribution in [1.82, 2.24) is 4.90 Å². The first-order valence-corrected chi connectivity index (χ1v) is 9.46. The molecule has 0 spiro atoms. The number of nitrogens with one attached hydrogen (secondary N) is 1. The van der Waals surface area contributed by atoms with Crippen LogP contribution in [0.2, 0.25) is 0 Å². The fourth-order valence-corrected chi connectivity index (χ4v) is 3.01. The molecule has 0 heterocycles. The van der Waals surface area contributed by atoms with Crippen LogP contribution in [-0.2, 0) is 17.9 Å². The topological polar surface area (TPSA) is 56.1 Å². The molecule has 0 radical (unpaired) electrons. The molecule has 144 valence electrons. The van der Waals surface area contributed by atoms with Gasteiger partial charge in [0.2, 0.25) is 0 Å². The molecule has 1 amide bonds. The van der Waals surface area contributed by atoms with Crippen LogP contribution < -0.4 is 5.32 Å². The average molecular weight is 381 g/mol. The molecule has 0 atom stereocenters. The van der Waals surface area contributed by atoms with Gasteiger partial charge in [-0.25, -0.2) is 0 Å². The van der Waals surface area contributed by atoms with E-state index in [1.807, 2.05) is 96.8 Å². The lowest BCUT2D eigenvalue weighted by atomic mass is 10.1. The zero-order valence-electron chi connectivity index (χ0n) is 16.4. The molecule has 0 bridgehead atoms. The second kappa shape index (κ2) is 9.91. The number of anilines is 1. The summed E-state index contributed by atoms with van der Waals surface area (Å²) < 4.78 is 0. The molecular formula is C25H23N3O. The molecule has 0 aromatic heterocycles. The second-order valence-electron chi connectivity index (χ2n) is 6.80. The van der Waals surface area contributed by atoms with Gasteiger partial charge in [0.1, 0.15) is 11.6 Å². The minimum atomic E-state index is -0.409. The third-order valence-corrected chi connectivity index (χ3v) is 4.53. The first kappa shape index (κ1) is 19.9. The molecule has 29 heavy (non-hydrogen) atoms. The van der Waals surface area contributed by atoms with E-state index in [-0.39, 0.29) is 5.57 Å². The molecule has 3 aromatic rings. The number of carbonyl (C=O) groups is 1. The van der Waals surface area contributed by atoms with Gasteiger partial charge < -0.3 is 10.2 Å². The number of aryl methyl sites for hydroxylation is 1. The molecule has 4 nitrogen and oxygen atoms in total. The maximum absolute atomic E-state index is 12.7. The first-order valence-electron chi connectivity index (χ1n) is 9.46. The van der Waals surface area contributed by atoms with Crippen LogP contribution in [0.15, 0.2) is 96.7 Å². The van der Waals surface area contributed by atoms with Crippen LogP contribution in [0.1, 0.15) is 16.7 Å².